The van der Waals surface area contributed by atoms with E-state index in [1.807, 2.05) is 0 Å². The van der Waals surface area contributed by atoms with Crippen molar-refractivity contribution in [3.63, 3.8) is 0 Å². The number of aromatic hydroxyl groups is 3. The van der Waals surface area contributed by atoms with Crippen LogP contribution in [0.5, 0.6) is 23.0 Å². The summed E-state index contributed by atoms with van der Waals surface area (Å²) < 4.78 is 10.5. The van der Waals surface area contributed by atoms with Crippen molar-refractivity contribution in [1.29, 1.82) is 0 Å². The first-order chi connectivity index (χ1) is 13.7. The molecule has 0 amide bonds. The molecule has 0 radical (unpaired) electrons. The molecule has 10 nitrogen and oxygen atoms in total. The molecule has 0 bridgehead atoms. The van der Waals surface area contributed by atoms with Crippen LogP contribution in [0.3, 0.4) is 0 Å². The third-order valence-corrected chi connectivity index (χ3v) is 4.53. The van der Waals surface area contributed by atoms with E-state index < -0.39 is 60.2 Å². The zero-order valence-electron chi connectivity index (χ0n) is 14.9. The molecule has 1 saturated heterocycles. The third-order valence-electron chi connectivity index (χ3n) is 4.53. The zero-order chi connectivity index (χ0) is 21.3. The summed E-state index contributed by atoms with van der Waals surface area (Å²) in [5.41, 5.74) is -0.298. The predicted octanol–water partition coefficient (Wildman–Crippen LogP) is -0.787. The molecule has 10 heteroatoms. The molecule has 1 aliphatic rings. The van der Waals surface area contributed by atoms with Gasteiger partial charge in [0.15, 0.2) is 0 Å². The molecule has 1 aliphatic heterocycles. The van der Waals surface area contributed by atoms with Crippen molar-refractivity contribution in [3.05, 3.63) is 47.5 Å². The van der Waals surface area contributed by atoms with E-state index >= 15 is 0 Å². The van der Waals surface area contributed by atoms with Crippen molar-refractivity contribution in [2.75, 3.05) is 6.61 Å². The Kier molecular flexibility index (Phi) is 5.91. The zero-order valence-corrected chi connectivity index (χ0v) is 14.9. The van der Waals surface area contributed by atoms with Gasteiger partial charge in [0.1, 0.15) is 53.0 Å². The molecular formula is C19H20O10. The number of benzene rings is 2. The molecule has 1 fully saturated rings. The molecule has 0 saturated carbocycles. The van der Waals surface area contributed by atoms with Crippen LogP contribution in [0.15, 0.2) is 36.4 Å². The van der Waals surface area contributed by atoms with Gasteiger partial charge in [0.05, 0.1) is 6.61 Å². The smallest absolute Gasteiger partial charge is 0.229 e. The normalized spacial score (nSPS) is 26.8. The molecule has 156 valence electrons. The van der Waals surface area contributed by atoms with Crippen LogP contribution in [-0.2, 0) is 4.74 Å². The number of ether oxygens (including phenoxy) is 2. The van der Waals surface area contributed by atoms with Crippen LogP contribution in [-0.4, -0.2) is 78.8 Å². The summed E-state index contributed by atoms with van der Waals surface area (Å²) >= 11 is 0. The van der Waals surface area contributed by atoms with E-state index in [9.17, 15) is 40.5 Å². The molecular weight excluding hydrogens is 388 g/mol. The Labute approximate surface area is 164 Å². The first kappa shape index (κ1) is 20.8. The molecule has 0 spiro atoms. The number of phenols is 3. The summed E-state index contributed by atoms with van der Waals surface area (Å²) in [5, 5.41) is 68.4. The lowest BCUT2D eigenvalue weighted by Gasteiger charge is -2.39. The van der Waals surface area contributed by atoms with Gasteiger partial charge >= 0.3 is 0 Å². The summed E-state index contributed by atoms with van der Waals surface area (Å²) in [4.78, 5) is 12.5. The first-order valence-electron chi connectivity index (χ1n) is 8.59. The Bertz CT molecular complexity index is 856. The maximum Gasteiger partial charge on any atom is 0.229 e. The van der Waals surface area contributed by atoms with Gasteiger partial charge in [-0.25, -0.2) is 0 Å². The second-order valence-electron chi connectivity index (χ2n) is 6.53. The number of phenolic OH excluding ortho intramolecular Hbond substituents is 3. The largest absolute Gasteiger partial charge is 0.508 e. The molecule has 5 unspecified atom stereocenters. The van der Waals surface area contributed by atoms with Gasteiger partial charge in [-0.2, -0.15) is 0 Å². The van der Waals surface area contributed by atoms with Crippen molar-refractivity contribution in [3.8, 4) is 23.0 Å². The standard InChI is InChI=1S/C19H20O10/c20-7-13-16(25)17(26)18(27)19(29-13)28-10-5-11(22)14(12(23)6-10)15(24)8-1-3-9(21)4-2-8/h1-6,13,16-23,25-27H,7H2. The average Bonchev–Trinajstić information content (AvgIpc) is 2.68. The van der Waals surface area contributed by atoms with Gasteiger partial charge in [-0.3, -0.25) is 4.79 Å². The van der Waals surface area contributed by atoms with Crippen molar-refractivity contribution in [2.24, 2.45) is 0 Å². The first-order valence-corrected chi connectivity index (χ1v) is 8.59. The highest BCUT2D eigenvalue weighted by Gasteiger charge is 2.44. The highest BCUT2D eigenvalue weighted by Crippen LogP contribution is 2.36. The molecule has 2 aromatic rings. The average molecular weight is 408 g/mol. The minimum absolute atomic E-state index is 0.0572. The number of aliphatic hydroxyl groups is 4. The van der Waals surface area contributed by atoms with Crippen LogP contribution in [0.2, 0.25) is 0 Å². The van der Waals surface area contributed by atoms with Crippen LogP contribution in [0.4, 0.5) is 0 Å². The number of aliphatic hydroxyl groups excluding tert-OH is 4. The summed E-state index contributed by atoms with van der Waals surface area (Å²) in [6.07, 6.45) is -7.64. The highest BCUT2D eigenvalue weighted by atomic mass is 16.7. The maximum atomic E-state index is 12.5. The second kappa shape index (κ2) is 8.23. The van der Waals surface area contributed by atoms with E-state index in [0.29, 0.717) is 0 Å². The lowest BCUT2D eigenvalue weighted by Crippen LogP contribution is -2.60. The number of carbonyl (C=O) groups is 1. The van der Waals surface area contributed by atoms with E-state index in [-0.39, 0.29) is 17.1 Å². The highest BCUT2D eigenvalue weighted by molar-refractivity contribution is 6.12. The van der Waals surface area contributed by atoms with Crippen LogP contribution in [0, 0.1) is 0 Å². The predicted molar refractivity (Wildman–Crippen MR) is 95.7 cm³/mol. The van der Waals surface area contributed by atoms with Gasteiger partial charge < -0.3 is 45.2 Å². The lowest BCUT2D eigenvalue weighted by molar-refractivity contribution is -0.277. The van der Waals surface area contributed by atoms with Crippen molar-refractivity contribution >= 4 is 5.78 Å². The van der Waals surface area contributed by atoms with Crippen LogP contribution < -0.4 is 4.74 Å². The van der Waals surface area contributed by atoms with Gasteiger partial charge in [0, 0.05) is 17.7 Å². The van der Waals surface area contributed by atoms with E-state index in [1.54, 1.807) is 0 Å². The van der Waals surface area contributed by atoms with E-state index in [1.165, 1.54) is 24.3 Å². The fourth-order valence-corrected chi connectivity index (χ4v) is 2.94. The van der Waals surface area contributed by atoms with Crippen LogP contribution >= 0.6 is 0 Å². The van der Waals surface area contributed by atoms with Gasteiger partial charge in [-0.05, 0) is 24.3 Å². The van der Waals surface area contributed by atoms with Crippen LogP contribution in [0.25, 0.3) is 0 Å². The number of hydrogen-bond acceptors (Lipinski definition) is 10. The maximum absolute atomic E-state index is 12.5. The molecule has 0 aromatic heterocycles. The van der Waals surface area contributed by atoms with E-state index in [4.69, 9.17) is 9.47 Å². The number of carbonyl (C=O) groups excluding carboxylic acids is 1. The Balaban J connectivity index is 1.84. The number of rotatable bonds is 5. The van der Waals surface area contributed by atoms with E-state index in [0.717, 1.165) is 12.1 Å². The molecule has 29 heavy (non-hydrogen) atoms. The van der Waals surface area contributed by atoms with Crippen molar-refractivity contribution < 1.29 is 50.0 Å². The Morgan fingerprint density at radius 3 is 2.07 bits per heavy atom. The monoisotopic (exact) mass is 408 g/mol. The Hall–Kier alpha value is -2.89. The lowest BCUT2D eigenvalue weighted by atomic mass is 9.99. The van der Waals surface area contributed by atoms with Crippen LogP contribution in [0.1, 0.15) is 15.9 Å². The molecule has 2 aromatic carbocycles. The van der Waals surface area contributed by atoms with E-state index in [2.05, 4.69) is 0 Å². The number of ketones is 1. The molecule has 7 N–H and O–H groups in total. The Morgan fingerprint density at radius 1 is 0.931 bits per heavy atom. The fourth-order valence-electron chi connectivity index (χ4n) is 2.94. The third kappa shape index (κ3) is 4.11. The molecule has 5 atom stereocenters. The number of hydrogen-bond donors (Lipinski definition) is 7. The SMILES string of the molecule is O=C(c1ccc(O)cc1)c1c(O)cc(OC2OC(CO)C(O)C(O)C2O)cc1O. The minimum atomic E-state index is -1.68. The second-order valence-corrected chi connectivity index (χ2v) is 6.53. The van der Waals surface area contributed by atoms with Gasteiger partial charge in [-0.15, -0.1) is 0 Å². The fraction of sp³-hybridized carbons (Fsp3) is 0.316. The summed E-state index contributed by atoms with van der Waals surface area (Å²) in [6.45, 7) is -0.651. The Morgan fingerprint density at radius 2 is 1.52 bits per heavy atom. The molecule has 3 rings (SSSR count). The quantitative estimate of drug-likeness (QED) is 0.310. The molecule has 0 aliphatic carbocycles. The molecule has 1 heterocycles. The summed E-state index contributed by atoms with van der Waals surface area (Å²) in [6, 6.07) is 7.17. The summed E-state index contributed by atoms with van der Waals surface area (Å²) in [5.74, 6) is -2.21. The summed E-state index contributed by atoms with van der Waals surface area (Å²) in [7, 11) is 0. The minimum Gasteiger partial charge on any atom is -0.508 e. The van der Waals surface area contributed by atoms with Gasteiger partial charge in [-0.1, -0.05) is 0 Å². The van der Waals surface area contributed by atoms with Crippen molar-refractivity contribution in [1.82, 2.24) is 0 Å². The topological polar surface area (TPSA) is 177 Å². The van der Waals surface area contributed by atoms with Gasteiger partial charge in [0.25, 0.3) is 0 Å². The van der Waals surface area contributed by atoms with Crippen molar-refractivity contribution in [2.45, 2.75) is 30.7 Å². The van der Waals surface area contributed by atoms with Gasteiger partial charge in [0.2, 0.25) is 12.1 Å².